The molecule has 1 aromatic rings. The van der Waals surface area contributed by atoms with Crippen LogP contribution in [-0.2, 0) is 0 Å². The molecule has 1 saturated carbocycles. The number of nitrogens with one attached hydrogen (secondary N) is 1. The van der Waals surface area contributed by atoms with Crippen LogP contribution in [0.4, 0.5) is 11.5 Å². The van der Waals surface area contributed by atoms with Crippen LogP contribution in [-0.4, -0.2) is 11.0 Å². The van der Waals surface area contributed by atoms with Crippen molar-refractivity contribution in [1.82, 2.24) is 4.98 Å². The lowest BCUT2D eigenvalue weighted by molar-refractivity contribution is 0.773. The minimum Gasteiger partial charge on any atom is -0.396 e. The fourth-order valence-corrected chi connectivity index (χ4v) is 1.76. The molecule has 0 spiro atoms. The van der Waals surface area contributed by atoms with E-state index < -0.39 is 0 Å². The summed E-state index contributed by atoms with van der Waals surface area (Å²) in [4.78, 5) is 4.29. The largest absolute Gasteiger partial charge is 0.396 e. The monoisotopic (exact) mass is 191 g/mol. The fraction of sp³-hybridized carbons (Fsp3) is 0.545. The van der Waals surface area contributed by atoms with Gasteiger partial charge < -0.3 is 11.1 Å². The van der Waals surface area contributed by atoms with E-state index in [1.165, 1.54) is 12.8 Å². The Morgan fingerprint density at radius 3 is 3.00 bits per heavy atom. The van der Waals surface area contributed by atoms with Crippen LogP contribution in [0.5, 0.6) is 0 Å². The summed E-state index contributed by atoms with van der Waals surface area (Å²) in [6.07, 6.45) is 4.34. The highest BCUT2D eigenvalue weighted by atomic mass is 15.1. The van der Waals surface area contributed by atoms with E-state index in [1.54, 1.807) is 0 Å². The first-order valence-corrected chi connectivity index (χ1v) is 5.19. The van der Waals surface area contributed by atoms with Crippen LogP contribution in [0, 0.1) is 12.8 Å². The van der Waals surface area contributed by atoms with Crippen molar-refractivity contribution < 1.29 is 0 Å². The molecule has 0 radical (unpaired) electrons. The highest BCUT2D eigenvalue weighted by Gasteiger charge is 2.35. The number of hydrogen-bond donors (Lipinski definition) is 2. The Morgan fingerprint density at radius 1 is 1.64 bits per heavy atom. The fourth-order valence-electron chi connectivity index (χ4n) is 1.76. The Labute approximate surface area is 84.7 Å². The third-order valence-corrected chi connectivity index (χ3v) is 2.82. The summed E-state index contributed by atoms with van der Waals surface area (Å²) in [5.41, 5.74) is 7.72. The van der Waals surface area contributed by atoms with Gasteiger partial charge in [-0.25, -0.2) is 4.98 Å². The smallest absolute Gasteiger partial charge is 0.149 e. The van der Waals surface area contributed by atoms with Gasteiger partial charge in [0.2, 0.25) is 0 Å². The third kappa shape index (κ3) is 1.81. The van der Waals surface area contributed by atoms with Crippen molar-refractivity contribution in [2.75, 3.05) is 11.1 Å². The normalized spacial score (nSPS) is 24.7. The van der Waals surface area contributed by atoms with E-state index in [-0.39, 0.29) is 0 Å². The summed E-state index contributed by atoms with van der Waals surface area (Å²) in [6.45, 7) is 4.22. The quantitative estimate of drug-likeness (QED) is 0.770. The zero-order valence-corrected chi connectivity index (χ0v) is 8.75. The number of pyridine rings is 1. The van der Waals surface area contributed by atoms with Crippen LogP contribution in [0.3, 0.4) is 0 Å². The molecule has 1 aromatic heterocycles. The first-order chi connectivity index (χ1) is 6.70. The molecule has 14 heavy (non-hydrogen) atoms. The van der Waals surface area contributed by atoms with E-state index in [9.17, 15) is 0 Å². The number of hydrogen-bond acceptors (Lipinski definition) is 3. The van der Waals surface area contributed by atoms with Gasteiger partial charge in [-0.15, -0.1) is 0 Å². The first-order valence-electron chi connectivity index (χ1n) is 5.19. The van der Waals surface area contributed by atoms with Crippen LogP contribution in [0.15, 0.2) is 12.3 Å². The lowest BCUT2D eigenvalue weighted by atomic mass is 10.3. The first kappa shape index (κ1) is 9.31. The molecule has 1 fully saturated rings. The van der Waals surface area contributed by atoms with Crippen molar-refractivity contribution in [2.45, 2.75) is 32.7 Å². The molecule has 3 N–H and O–H groups in total. The van der Waals surface area contributed by atoms with Crippen molar-refractivity contribution in [3.8, 4) is 0 Å². The number of rotatable bonds is 3. The number of nitrogen functional groups attached to an aromatic ring is 1. The maximum Gasteiger partial charge on any atom is 0.149 e. The topological polar surface area (TPSA) is 50.9 Å². The molecule has 0 aromatic carbocycles. The van der Waals surface area contributed by atoms with Crippen molar-refractivity contribution in [2.24, 2.45) is 5.92 Å². The van der Waals surface area contributed by atoms with Crippen LogP contribution >= 0.6 is 0 Å². The van der Waals surface area contributed by atoms with Gasteiger partial charge in [0.1, 0.15) is 5.82 Å². The van der Waals surface area contributed by atoms with Crippen LogP contribution in [0.1, 0.15) is 25.3 Å². The van der Waals surface area contributed by atoms with Gasteiger partial charge in [-0.3, -0.25) is 0 Å². The van der Waals surface area contributed by atoms with Gasteiger partial charge in [-0.2, -0.15) is 0 Å². The number of nitrogens with zero attached hydrogens (tertiary/aromatic N) is 1. The van der Waals surface area contributed by atoms with Gasteiger partial charge in [-0.05, 0) is 30.9 Å². The molecule has 0 saturated heterocycles. The van der Waals surface area contributed by atoms with Crippen LogP contribution in [0.2, 0.25) is 0 Å². The second-order valence-corrected chi connectivity index (χ2v) is 4.11. The van der Waals surface area contributed by atoms with Gasteiger partial charge in [0.15, 0.2) is 0 Å². The molecule has 2 atom stereocenters. The molecule has 0 bridgehead atoms. The van der Waals surface area contributed by atoms with Crippen molar-refractivity contribution in [1.29, 1.82) is 0 Å². The van der Waals surface area contributed by atoms with E-state index >= 15 is 0 Å². The second kappa shape index (κ2) is 3.48. The molecule has 1 aliphatic rings. The van der Waals surface area contributed by atoms with Gasteiger partial charge >= 0.3 is 0 Å². The van der Waals surface area contributed by atoms with Gasteiger partial charge in [-0.1, -0.05) is 13.3 Å². The van der Waals surface area contributed by atoms with Crippen molar-refractivity contribution >= 4 is 11.5 Å². The molecule has 0 amide bonds. The summed E-state index contributed by atoms with van der Waals surface area (Å²) in [5.74, 6) is 1.66. The minimum absolute atomic E-state index is 0.595. The standard InChI is InChI=1S/C11H17N3/c1-3-8-5-10(8)14-11-9(12)4-7(2)6-13-11/h4,6,8,10H,3,5,12H2,1-2H3,(H,13,14). The maximum absolute atomic E-state index is 5.86. The third-order valence-electron chi connectivity index (χ3n) is 2.82. The average Bonchev–Trinajstić information content (AvgIpc) is 2.89. The molecule has 1 heterocycles. The Hall–Kier alpha value is -1.25. The van der Waals surface area contributed by atoms with E-state index in [1.807, 2.05) is 19.2 Å². The highest BCUT2D eigenvalue weighted by molar-refractivity contribution is 5.62. The Balaban J connectivity index is 2.03. The summed E-state index contributed by atoms with van der Waals surface area (Å²) >= 11 is 0. The number of nitrogens with two attached hydrogens (primary N) is 1. The predicted octanol–water partition coefficient (Wildman–Crippen LogP) is 2.18. The van der Waals surface area contributed by atoms with E-state index in [0.29, 0.717) is 6.04 Å². The number of aryl methyl sites for hydroxylation is 1. The summed E-state index contributed by atoms with van der Waals surface area (Å²) in [5, 5.41) is 3.38. The van der Waals surface area contributed by atoms with E-state index in [0.717, 1.165) is 23.0 Å². The molecule has 2 unspecified atom stereocenters. The minimum atomic E-state index is 0.595. The molecule has 3 nitrogen and oxygen atoms in total. The summed E-state index contributed by atoms with van der Waals surface area (Å²) in [7, 11) is 0. The molecule has 2 rings (SSSR count). The Morgan fingerprint density at radius 2 is 2.43 bits per heavy atom. The summed E-state index contributed by atoms with van der Waals surface area (Å²) < 4.78 is 0. The molecular weight excluding hydrogens is 174 g/mol. The van der Waals surface area contributed by atoms with Crippen LogP contribution in [0.25, 0.3) is 0 Å². The molecule has 0 aliphatic heterocycles. The van der Waals surface area contributed by atoms with Gasteiger partial charge in [0, 0.05) is 12.2 Å². The highest BCUT2D eigenvalue weighted by Crippen LogP contribution is 2.36. The molecular formula is C11H17N3. The average molecular weight is 191 g/mol. The van der Waals surface area contributed by atoms with E-state index in [4.69, 9.17) is 5.73 Å². The van der Waals surface area contributed by atoms with Gasteiger partial charge in [0.25, 0.3) is 0 Å². The SMILES string of the molecule is CCC1CC1Nc1ncc(C)cc1N. The van der Waals surface area contributed by atoms with Crippen molar-refractivity contribution in [3.63, 3.8) is 0 Å². The molecule has 1 aliphatic carbocycles. The zero-order chi connectivity index (χ0) is 10.1. The maximum atomic E-state index is 5.86. The predicted molar refractivity (Wildman–Crippen MR) is 59.2 cm³/mol. The summed E-state index contributed by atoms with van der Waals surface area (Å²) in [6, 6.07) is 2.55. The second-order valence-electron chi connectivity index (χ2n) is 4.11. The number of aromatic nitrogens is 1. The number of anilines is 2. The van der Waals surface area contributed by atoms with Crippen molar-refractivity contribution in [3.05, 3.63) is 17.8 Å². The molecule has 76 valence electrons. The lowest BCUT2D eigenvalue weighted by Gasteiger charge is -2.07. The Kier molecular flexibility index (Phi) is 2.32. The van der Waals surface area contributed by atoms with Gasteiger partial charge in [0.05, 0.1) is 5.69 Å². The Bertz CT molecular complexity index is 335. The lowest BCUT2D eigenvalue weighted by Crippen LogP contribution is -2.08. The molecule has 3 heteroatoms. The van der Waals surface area contributed by atoms with E-state index in [2.05, 4.69) is 17.2 Å². The van der Waals surface area contributed by atoms with Crippen LogP contribution < -0.4 is 11.1 Å². The zero-order valence-electron chi connectivity index (χ0n) is 8.75.